The number of anilines is 1. The molecule has 1 aliphatic rings. The maximum absolute atomic E-state index is 6.00. The van der Waals surface area contributed by atoms with Crippen molar-refractivity contribution < 1.29 is 0 Å². The zero-order chi connectivity index (χ0) is 13.4. The number of imidazole rings is 1. The van der Waals surface area contributed by atoms with Gasteiger partial charge in [0.2, 0.25) is 5.95 Å². The van der Waals surface area contributed by atoms with Gasteiger partial charge in [0.1, 0.15) is 5.52 Å². The summed E-state index contributed by atoms with van der Waals surface area (Å²) in [4.78, 5) is 11.2. The number of hydrogen-bond donors (Lipinski definition) is 1. The molecule has 0 bridgehead atoms. The van der Waals surface area contributed by atoms with Crippen molar-refractivity contribution >= 4 is 28.7 Å². The van der Waals surface area contributed by atoms with Crippen LogP contribution in [0.2, 0.25) is 5.02 Å². The Morgan fingerprint density at radius 3 is 3.11 bits per heavy atom. The van der Waals surface area contributed by atoms with Gasteiger partial charge < -0.3 is 10.6 Å². The number of nitrogens with zero attached hydrogens (tertiary/aromatic N) is 4. The number of pyridine rings is 1. The van der Waals surface area contributed by atoms with Gasteiger partial charge in [0.25, 0.3) is 0 Å². The minimum atomic E-state index is 0.528. The van der Waals surface area contributed by atoms with Crippen molar-refractivity contribution in [2.45, 2.75) is 19.9 Å². The van der Waals surface area contributed by atoms with Crippen molar-refractivity contribution in [3.63, 3.8) is 0 Å². The molecule has 3 rings (SSSR count). The predicted molar refractivity (Wildman–Crippen MR) is 77.2 cm³/mol. The molecular weight excluding hydrogens is 262 g/mol. The average Bonchev–Trinajstić information content (AvgIpc) is 2.95. The van der Waals surface area contributed by atoms with Crippen LogP contribution < -0.4 is 5.73 Å². The Kier molecular flexibility index (Phi) is 3.33. The van der Waals surface area contributed by atoms with E-state index in [0.717, 1.165) is 30.8 Å². The number of fused-ring (bicyclic) bond motifs is 1. The van der Waals surface area contributed by atoms with Crippen LogP contribution >= 0.6 is 11.6 Å². The molecule has 102 valence electrons. The second-order valence-corrected chi connectivity index (χ2v) is 5.56. The Hall–Kier alpha value is -1.33. The highest BCUT2D eigenvalue weighted by atomic mass is 35.5. The van der Waals surface area contributed by atoms with Gasteiger partial charge in [-0.1, -0.05) is 18.5 Å². The first-order valence-electron chi connectivity index (χ1n) is 6.67. The summed E-state index contributed by atoms with van der Waals surface area (Å²) in [5.74, 6) is 1.15. The molecule has 0 saturated carbocycles. The van der Waals surface area contributed by atoms with Crippen LogP contribution in [-0.4, -0.2) is 39.1 Å². The van der Waals surface area contributed by atoms with Gasteiger partial charge >= 0.3 is 0 Å². The van der Waals surface area contributed by atoms with Crippen LogP contribution in [0.15, 0.2) is 12.3 Å². The lowest BCUT2D eigenvalue weighted by Gasteiger charge is -2.14. The topological polar surface area (TPSA) is 60.0 Å². The number of nitrogen functional groups attached to an aromatic ring is 1. The maximum Gasteiger partial charge on any atom is 0.202 e. The number of hydrogen-bond acceptors (Lipinski definition) is 4. The molecule has 1 unspecified atom stereocenters. The lowest BCUT2D eigenvalue weighted by atomic mass is 10.1. The largest absolute Gasteiger partial charge is 0.369 e. The van der Waals surface area contributed by atoms with E-state index in [4.69, 9.17) is 17.3 Å². The molecule has 2 aromatic rings. The second kappa shape index (κ2) is 4.98. The van der Waals surface area contributed by atoms with E-state index in [1.165, 1.54) is 13.0 Å². The minimum Gasteiger partial charge on any atom is -0.369 e. The highest BCUT2D eigenvalue weighted by molar-refractivity contribution is 6.31. The van der Waals surface area contributed by atoms with E-state index in [1.54, 1.807) is 6.20 Å². The molecule has 1 fully saturated rings. The maximum atomic E-state index is 6.00. The smallest absolute Gasteiger partial charge is 0.202 e. The Morgan fingerprint density at radius 2 is 2.37 bits per heavy atom. The lowest BCUT2D eigenvalue weighted by molar-refractivity contribution is 0.334. The number of aromatic nitrogens is 3. The highest BCUT2D eigenvalue weighted by Crippen LogP contribution is 2.24. The molecule has 2 aromatic heterocycles. The summed E-state index contributed by atoms with van der Waals surface area (Å²) >= 11 is 5.93. The molecular formula is C13H18ClN5. The zero-order valence-corrected chi connectivity index (χ0v) is 11.8. The van der Waals surface area contributed by atoms with E-state index in [2.05, 4.69) is 21.8 Å². The fraction of sp³-hybridized carbons (Fsp3) is 0.538. The number of nitrogens with two attached hydrogens (primary N) is 1. The van der Waals surface area contributed by atoms with Gasteiger partial charge in [0, 0.05) is 19.3 Å². The Labute approximate surface area is 117 Å². The van der Waals surface area contributed by atoms with Crippen LogP contribution in [0.25, 0.3) is 11.2 Å². The van der Waals surface area contributed by atoms with Gasteiger partial charge in [-0.2, -0.15) is 0 Å². The predicted octanol–water partition coefficient (Wildman–Crippen LogP) is 2.01. The van der Waals surface area contributed by atoms with Crippen molar-refractivity contribution in [1.82, 2.24) is 19.4 Å². The minimum absolute atomic E-state index is 0.528. The van der Waals surface area contributed by atoms with Gasteiger partial charge in [-0.05, 0) is 31.5 Å². The summed E-state index contributed by atoms with van der Waals surface area (Å²) in [6.07, 6.45) is 2.86. The molecule has 2 N–H and O–H groups in total. The van der Waals surface area contributed by atoms with Crippen molar-refractivity contribution in [2.24, 2.45) is 5.92 Å². The molecule has 5 nitrogen and oxygen atoms in total. The van der Waals surface area contributed by atoms with Crippen LogP contribution in [0.1, 0.15) is 13.3 Å². The lowest BCUT2D eigenvalue weighted by Crippen LogP contribution is -2.21. The van der Waals surface area contributed by atoms with Gasteiger partial charge in [-0.3, -0.25) is 4.57 Å². The van der Waals surface area contributed by atoms with Gasteiger partial charge in [0.15, 0.2) is 5.65 Å². The van der Waals surface area contributed by atoms with Crippen molar-refractivity contribution in [3.05, 3.63) is 17.3 Å². The highest BCUT2D eigenvalue weighted by Gasteiger charge is 2.23. The quantitative estimate of drug-likeness (QED) is 0.934. The van der Waals surface area contributed by atoms with Crippen molar-refractivity contribution in [3.8, 4) is 0 Å². The van der Waals surface area contributed by atoms with Gasteiger partial charge in [-0.25, -0.2) is 9.97 Å². The SMILES string of the molecule is CCN1CCC(Cn2c(N)nc3cc(Cl)cnc32)C1. The Balaban J connectivity index is 1.86. The number of rotatable bonds is 3. The fourth-order valence-electron chi connectivity index (χ4n) is 2.79. The van der Waals surface area contributed by atoms with Crippen LogP contribution in [0.3, 0.4) is 0 Å². The molecule has 0 amide bonds. The van der Waals surface area contributed by atoms with Gasteiger partial charge in [0.05, 0.1) is 5.02 Å². The summed E-state index contributed by atoms with van der Waals surface area (Å²) < 4.78 is 2.01. The molecule has 1 saturated heterocycles. The third kappa shape index (κ3) is 2.40. The normalized spacial score (nSPS) is 20.4. The standard InChI is InChI=1S/C13H18ClN5/c1-2-18-4-3-9(7-18)8-19-12-11(17-13(19)15)5-10(14)6-16-12/h5-6,9H,2-4,7-8H2,1H3,(H2,15,17). The third-order valence-corrected chi connectivity index (χ3v) is 4.05. The summed E-state index contributed by atoms with van der Waals surface area (Å²) in [5.41, 5.74) is 7.61. The zero-order valence-electron chi connectivity index (χ0n) is 11.0. The first kappa shape index (κ1) is 12.7. The first-order chi connectivity index (χ1) is 9.17. The summed E-state index contributed by atoms with van der Waals surface area (Å²) in [7, 11) is 0. The molecule has 0 aromatic carbocycles. The Bertz CT molecular complexity index is 594. The van der Waals surface area contributed by atoms with Crippen molar-refractivity contribution in [1.29, 1.82) is 0 Å². The van der Waals surface area contributed by atoms with Gasteiger partial charge in [-0.15, -0.1) is 0 Å². The van der Waals surface area contributed by atoms with E-state index in [1.807, 2.05) is 10.6 Å². The monoisotopic (exact) mass is 279 g/mol. The number of likely N-dealkylation sites (tertiary alicyclic amines) is 1. The second-order valence-electron chi connectivity index (χ2n) is 5.12. The summed E-state index contributed by atoms with van der Waals surface area (Å²) in [5, 5.41) is 0.593. The van der Waals surface area contributed by atoms with E-state index in [9.17, 15) is 0 Å². The molecule has 0 radical (unpaired) electrons. The molecule has 3 heterocycles. The van der Waals surface area contributed by atoms with Crippen LogP contribution in [0, 0.1) is 5.92 Å². The van der Waals surface area contributed by atoms with Crippen molar-refractivity contribution in [2.75, 3.05) is 25.4 Å². The molecule has 6 heteroatoms. The summed E-state index contributed by atoms with van der Waals surface area (Å²) in [6.45, 7) is 6.50. The molecule has 19 heavy (non-hydrogen) atoms. The fourth-order valence-corrected chi connectivity index (χ4v) is 2.94. The van der Waals surface area contributed by atoms with E-state index in [-0.39, 0.29) is 0 Å². The van der Waals surface area contributed by atoms with Crippen LogP contribution in [-0.2, 0) is 6.54 Å². The molecule has 0 spiro atoms. The Morgan fingerprint density at radius 1 is 1.53 bits per heavy atom. The van der Waals surface area contributed by atoms with Crippen LogP contribution in [0.5, 0.6) is 0 Å². The molecule has 0 aliphatic carbocycles. The van der Waals surface area contributed by atoms with E-state index < -0.39 is 0 Å². The molecule has 1 atom stereocenters. The van der Waals surface area contributed by atoms with E-state index in [0.29, 0.717) is 16.9 Å². The summed E-state index contributed by atoms with van der Waals surface area (Å²) in [6, 6.07) is 1.81. The third-order valence-electron chi connectivity index (χ3n) is 3.84. The molecule has 1 aliphatic heterocycles. The average molecular weight is 280 g/mol. The van der Waals surface area contributed by atoms with E-state index >= 15 is 0 Å². The van der Waals surface area contributed by atoms with Crippen LogP contribution in [0.4, 0.5) is 5.95 Å². The first-order valence-corrected chi connectivity index (χ1v) is 7.04. The number of halogens is 1.